The van der Waals surface area contributed by atoms with Gasteiger partial charge < -0.3 is 14.4 Å². The van der Waals surface area contributed by atoms with Crippen molar-refractivity contribution in [1.82, 2.24) is 14.8 Å². The highest BCUT2D eigenvalue weighted by molar-refractivity contribution is 7.99. The third-order valence-electron chi connectivity index (χ3n) is 4.60. The minimum Gasteiger partial charge on any atom is -0.489 e. The second-order valence-electron chi connectivity index (χ2n) is 7.04. The summed E-state index contributed by atoms with van der Waals surface area (Å²) in [6.45, 7) is 0.849. The Bertz CT molecular complexity index is 964. The molecule has 0 aliphatic heterocycles. The number of rotatable bonds is 9. The number of hydrogen-bond donors (Lipinski definition) is 1. The molecule has 0 radical (unpaired) electrons. The van der Waals surface area contributed by atoms with Crippen LogP contribution in [-0.2, 0) is 6.54 Å². The lowest BCUT2D eigenvalue weighted by atomic mass is 10.2. The van der Waals surface area contributed by atoms with Crippen LogP contribution in [0, 0.1) is 0 Å². The molecule has 1 atom stereocenters. The lowest BCUT2D eigenvalue weighted by molar-refractivity contribution is 0.126. The molecule has 1 aliphatic carbocycles. The Labute approximate surface area is 184 Å². The average Bonchev–Trinajstić information content (AvgIpc) is 3.49. The second kappa shape index (κ2) is 9.39. The first-order valence-corrected chi connectivity index (χ1v) is 11.2. The number of halogens is 2. The zero-order valence-electron chi connectivity index (χ0n) is 15.7. The van der Waals surface area contributed by atoms with Crippen molar-refractivity contribution in [2.24, 2.45) is 0 Å². The summed E-state index contributed by atoms with van der Waals surface area (Å²) in [5, 5.41) is 21.0. The van der Waals surface area contributed by atoms with Crippen LogP contribution in [0.25, 0.3) is 0 Å². The SMILES string of the molecule is OC(COc1cc(Cl)ccc1Cl)CSc1nnc(C2CC2)n1Cc1ccccc1. The molecule has 1 heterocycles. The van der Waals surface area contributed by atoms with Gasteiger partial charge in [0.25, 0.3) is 0 Å². The highest BCUT2D eigenvalue weighted by Crippen LogP contribution is 2.40. The van der Waals surface area contributed by atoms with Crippen molar-refractivity contribution in [1.29, 1.82) is 0 Å². The van der Waals surface area contributed by atoms with Crippen LogP contribution in [0.3, 0.4) is 0 Å². The number of nitrogens with zero attached hydrogens (tertiary/aromatic N) is 3. The molecule has 0 saturated heterocycles. The fraction of sp³-hybridized carbons (Fsp3) is 0.333. The molecule has 1 saturated carbocycles. The summed E-state index contributed by atoms with van der Waals surface area (Å²) in [4.78, 5) is 0. The van der Waals surface area contributed by atoms with Crippen molar-refractivity contribution in [2.75, 3.05) is 12.4 Å². The number of aliphatic hydroxyl groups excluding tert-OH is 1. The normalized spacial score (nSPS) is 14.7. The van der Waals surface area contributed by atoms with E-state index in [1.807, 2.05) is 18.2 Å². The topological polar surface area (TPSA) is 60.2 Å². The molecular weight excluding hydrogens is 429 g/mol. The molecule has 8 heteroatoms. The molecule has 0 amide bonds. The van der Waals surface area contributed by atoms with Crippen LogP contribution in [0.2, 0.25) is 10.0 Å². The van der Waals surface area contributed by atoms with Gasteiger partial charge in [-0.15, -0.1) is 10.2 Å². The van der Waals surface area contributed by atoms with Crippen molar-refractivity contribution in [3.8, 4) is 5.75 Å². The molecule has 1 aliphatic rings. The Kier molecular flexibility index (Phi) is 6.65. The maximum Gasteiger partial charge on any atom is 0.191 e. The lowest BCUT2D eigenvalue weighted by Gasteiger charge is -2.14. The van der Waals surface area contributed by atoms with Crippen LogP contribution in [0.5, 0.6) is 5.75 Å². The molecule has 29 heavy (non-hydrogen) atoms. The first-order chi connectivity index (χ1) is 14.1. The summed E-state index contributed by atoms with van der Waals surface area (Å²) >= 11 is 13.5. The zero-order valence-corrected chi connectivity index (χ0v) is 18.0. The Balaban J connectivity index is 1.38. The summed E-state index contributed by atoms with van der Waals surface area (Å²) in [6, 6.07) is 15.3. The van der Waals surface area contributed by atoms with E-state index >= 15 is 0 Å². The first-order valence-electron chi connectivity index (χ1n) is 9.46. The second-order valence-corrected chi connectivity index (χ2v) is 8.87. The molecule has 1 aromatic heterocycles. The van der Waals surface area contributed by atoms with Gasteiger partial charge in [0.05, 0.1) is 17.7 Å². The number of thioether (sulfide) groups is 1. The van der Waals surface area contributed by atoms with Crippen molar-refractivity contribution >= 4 is 35.0 Å². The molecule has 3 aromatic rings. The Morgan fingerprint density at radius 2 is 1.93 bits per heavy atom. The monoisotopic (exact) mass is 449 g/mol. The van der Waals surface area contributed by atoms with E-state index in [9.17, 15) is 5.11 Å². The highest BCUT2D eigenvalue weighted by Gasteiger charge is 2.30. The summed E-state index contributed by atoms with van der Waals surface area (Å²) in [6.07, 6.45) is 1.64. The fourth-order valence-electron chi connectivity index (χ4n) is 2.96. The first kappa shape index (κ1) is 20.5. The largest absolute Gasteiger partial charge is 0.489 e. The molecule has 5 nitrogen and oxygen atoms in total. The Morgan fingerprint density at radius 1 is 1.14 bits per heavy atom. The van der Waals surface area contributed by atoms with E-state index in [0.29, 0.717) is 27.5 Å². The molecule has 1 N–H and O–H groups in total. The summed E-state index contributed by atoms with van der Waals surface area (Å²) in [5.74, 6) is 2.44. The summed E-state index contributed by atoms with van der Waals surface area (Å²) in [7, 11) is 0. The van der Waals surface area contributed by atoms with Crippen LogP contribution in [0.1, 0.15) is 30.1 Å². The van der Waals surface area contributed by atoms with Crippen LogP contribution >= 0.6 is 35.0 Å². The van der Waals surface area contributed by atoms with E-state index in [4.69, 9.17) is 27.9 Å². The standard InChI is InChI=1S/C21H21Cl2N3O2S/c22-16-8-9-18(23)19(10-16)28-12-17(27)13-29-21-25-24-20(15-6-7-15)26(21)11-14-4-2-1-3-5-14/h1-5,8-10,15,17,27H,6-7,11-13H2. The maximum atomic E-state index is 10.4. The number of hydrogen-bond acceptors (Lipinski definition) is 5. The van der Waals surface area contributed by atoms with Crippen LogP contribution < -0.4 is 4.74 Å². The van der Waals surface area contributed by atoms with Crippen molar-refractivity contribution < 1.29 is 9.84 Å². The fourth-order valence-corrected chi connectivity index (χ4v) is 4.14. The van der Waals surface area contributed by atoms with Gasteiger partial charge in [-0.05, 0) is 30.5 Å². The third-order valence-corrected chi connectivity index (χ3v) is 6.26. The Hall–Kier alpha value is -1.73. The van der Waals surface area contributed by atoms with Crippen molar-refractivity contribution in [3.63, 3.8) is 0 Å². The van der Waals surface area contributed by atoms with E-state index < -0.39 is 6.10 Å². The van der Waals surface area contributed by atoms with Gasteiger partial charge in [0.15, 0.2) is 5.16 Å². The van der Waals surface area contributed by atoms with Gasteiger partial charge in [-0.3, -0.25) is 0 Å². The summed E-state index contributed by atoms with van der Waals surface area (Å²) < 4.78 is 7.79. The van der Waals surface area contributed by atoms with Crippen molar-refractivity contribution in [3.05, 3.63) is 70.0 Å². The van der Waals surface area contributed by atoms with Crippen LogP contribution in [0.4, 0.5) is 0 Å². The Morgan fingerprint density at radius 3 is 2.69 bits per heavy atom. The molecule has 1 unspecified atom stereocenters. The van der Waals surface area contributed by atoms with Gasteiger partial charge in [-0.1, -0.05) is 65.3 Å². The zero-order chi connectivity index (χ0) is 20.2. The van der Waals surface area contributed by atoms with Gasteiger partial charge in [-0.2, -0.15) is 0 Å². The lowest BCUT2D eigenvalue weighted by Crippen LogP contribution is -2.20. The minimum absolute atomic E-state index is 0.120. The predicted octanol–water partition coefficient (Wildman–Crippen LogP) is 5.04. The van der Waals surface area contributed by atoms with Crippen LogP contribution in [-0.4, -0.2) is 38.3 Å². The maximum absolute atomic E-state index is 10.4. The number of aromatic nitrogens is 3. The predicted molar refractivity (Wildman–Crippen MR) is 116 cm³/mol. The van der Waals surface area contributed by atoms with E-state index in [1.54, 1.807) is 18.2 Å². The number of ether oxygens (including phenoxy) is 1. The molecule has 0 bridgehead atoms. The van der Waals surface area contributed by atoms with E-state index in [1.165, 1.54) is 17.3 Å². The smallest absolute Gasteiger partial charge is 0.191 e. The molecule has 2 aromatic carbocycles. The molecule has 152 valence electrons. The number of aliphatic hydroxyl groups is 1. The van der Waals surface area contributed by atoms with Crippen LogP contribution in [0.15, 0.2) is 53.7 Å². The molecule has 0 spiro atoms. The van der Waals surface area contributed by atoms with E-state index in [-0.39, 0.29) is 6.61 Å². The van der Waals surface area contributed by atoms with E-state index in [0.717, 1.165) is 30.4 Å². The molecule has 1 fully saturated rings. The number of benzene rings is 2. The molecular formula is C21H21Cl2N3O2S. The van der Waals surface area contributed by atoms with Gasteiger partial charge in [0.2, 0.25) is 0 Å². The van der Waals surface area contributed by atoms with Gasteiger partial charge >= 0.3 is 0 Å². The van der Waals surface area contributed by atoms with Gasteiger partial charge in [0, 0.05) is 22.8 Å². The van der Waals surface area contributed by atoms with E-state index in [2.05, 4.69) is 26.9 Å². The average molecular weight is 450 g/mol. The quantitative estimate of drug-likeness (QED) is 0.463. The third kappa shape index (κ3) is 5.45. The summed E-state index contributed by atoms with van der Waals surface area (Å²) in [5.41, 5.74) is 1.20. The van der Waals surface area contributed by atoms with Gasteiger partial charge in [0.1, 0.15) is 18.2 Å². The van der Waals surface area contributed by atoms with Crippen molar-refractivity contribution in [2.45, 2.75) is 36.6 Å². The highest BCUT2D eigenvalue weighted by atomic mass is 35.5. The van der Waals surface area contributed by atoms with Gasteiger partial charge in [-0.25, -0.2) is 0 Å². The minimum atomic E-state index is -0.679. The molecule has 4 rings (SSSR count).